The van der Waals surface area contributed by atoms with Gasteiger partial charge in [-0.05, 0) is 39.0 Å². The van der Waals surface area contributed by atoms with Crippen LogP contribution in [0.1, 0.15) is 36.0 Å². The molecule has 0 saturated heterocycles. The van der Waals surface area contributed by atoms with Crippen molar-refractivity contribution < 1.29 is 23.9 Å². The minimum absolute atomic E-state index is 0.102. The minimum Gasteiger partial charge on any atom is -0.488 e. The van der Waals surface area contributed by atoms with E-state index in [-0.39, 0.29) is 18.0 Å². The lowest BCUT2D eigenvalue weighted by Gasteiger charge is -2.23. The number of carbonyl (C=O) groups excluding carboxylic acids is 3. The molecule has 1 N–H and O–H groups in total. The van der Waals surface area contributed by atoms with Crippen molar-refractivity contribution in [2.45, 2.75) is 32.9 Å². The van der Waals surface area contributed by atoms with Crippen LogP contribution < -0.4 is 10.1 Å². The van der Waals surface area contributed by atoms with Gasteiger partial charge in [-0.15, -0.1) is 11.3 Å². The van der Waals surface area contributed by atoms with E-state index in [1.54, 1.807) is 6.07 Å². The highest BCUT2D eigenvalue weighted by Crippen LogP contribution is 2.42. The summed E-state index contributed by atoms with van der Waals surface area (Å²) in [6, 6.07) is 9.39. The predicted molar refractivity (Wildman–Crippen MR) is 110 cm³/mol. The number of fused-ring (bicyclic) bond motifs is 3. The Morgan fingerprint density at radius 3 is 2.69 bits per heavy atom. The molecule has 1 aromatic carbocycles. The molecule has 2 amide bonds. The molecule has 3 rings (SSSR count). The number of carbonyl (C=O) groups is 3. The summed E-state index contributed by atoms with van der Waals surface area (Å²) < 4.78 is 10.9. The summed E-state index contributed by atoms with van der Waals surface area (Å²) >= 11 is 1.32. The maximum absolute atomic E-state index is 12.4. The van der Waals surface area contributed by atoms with Gasteiger partial charge in [0.2, 0.25) is 5.91 Å². The highest BCUT2D eigenvalue weighted by atomic mass is 32.1. The maximum Gasteiger partial charge on any atom is 0.348 e. The van der Waals surface area contributed by atoms with Crippen molar-refractivity contribution in [1.82, 2.24) is 10.2 Å². The van der Waals surface area contributed by atoms with Crippen LogP contribution in [0.4, 0.5) is 0 Å². The molecule has 0 aliphatic carbocycles. The van der Waals surface area contributed by atoms with Crippen LogP contribution in [0.25, 0.3) is 10.4 Å². The van der Waals surface area contributed by atoms with E-state index in [4.69, 9.17) is 9.47 Å². The molecule has 1 aliphatic rings. The van der Waals surface area contributed by atoms with E-state index in [1.165, 1.54) is 23.3 Å². The van der Waals surface area contributed by atoms with Crippen molar-refractivity contribution in [3.63, 3.8) is 0 Å². The van der Waals surface area contributed by atoms with E-state index in [0.717, 1.165) is 21.8 Å². The van der Waals surface area contributed by atoms with Crippen molar-refractivity contribution in [2.75, 3.05) is 20.2 Å². The van der Waals surface area contributed by atoms with Gasteiger partial charge in [0.15, 0.2) is 6.61 Å². The average molecular weight is 416 g/mol. The number of ether oxygens (including phenoxy) is 2. The van der Waals surface area contributed by atoms with E-state index in [0.29, 0.717) is 11.5 Å². The average Bonchev–Trinajstić information content (AvgIpc) is 3.09. The number of esters is 1. The zero-order valence-corrected chi connectivity index (χ0v) is 17.7. The van der Waals surface area contributed by atoms with Gasteiger partial charge in [0.1, 0.15) is 17.2 Å². The first-order chi connectivity index (χ1) is 13.6. The molecule has 0 spiro atoms. The molecule has 0 saturated carbocycles. The van der Waals surface area contributed by atoms with Gasteiger partial charge in [0.05, 0.1) is 6.54 Å². The Balaban J connectivity index is 1.57. The van der Waals surface area contributed by atoms with Crippen LogP contribution in [0.5, 0.6) is 5.75 Å². The second-order valence-electron chi connectivity index (χ2n) is 7.87. The number of hydrogen-bond acceptors (Lipinski definition) is 6. The molecular formula is C21H24N2O5S. The summed E-state index contributed by atoms with van der Waals surface area (Å²) in [7, 11) is 1.50. The molecule has 0 bridgehead atoms. The zero-order valence-electron chi connectivity index (χ0n) is 16.9. The number of amides is 2. The van der Waals surface area contributed by atoms with Crippen LogP contribution in [0.15, 0.2) is 30.3 Å². The number of nitrogens with one attached hydrogen (secondary N) is 1. The highest BCUT2D eigenvalue weighted by molar-refractivity contribution is 7.17. The smallest absolute Gasteiger partial charge is 0.348 e. The molecule has 2 heterocycles. The van der Waals surface area contributed by atoms with Gasteiger partial charge in [-0.3, -0.25) is 9.59 Å². The van der Waals surface area contributed by atoms with Gasteiger partial charge in [-0.1, -0.05) is 12.1 Å². The molecule has 0 unspecified atom stereocenters. The number of rotatable bonds is 5. The number of benzene rings is 1. The molecule has 2 aromatic rings. The topological polar surface area (TPSA) is 84.9 Å². The second-order valence-corrected chi connectivity index (χ2v) is 8.93. The molecule has 8 heteroatoms. The Kier molecular flexibility index (Phi) is 5.93. The molecule has 0 radical (unpaired) electrons. The first kappa shape index (κ1) is 20.9. The van der Waals surface area contributed by atoms with Crippen LogP contribution in [0, 0.1) is 0 Å². The minimum atomic E-state index is -0.567. The Labute approximate surface area is 173 Å². The van der Waals surface area contributed by atoms with Crippen molar-refractivity contribution >= 4 is 29.1 Å². The fourth-order valence-electron chi connectivity index (χ4n) is 2.87. The van der Waals surface area contributed by atoms with Gasteiger partial charge < -0.3 is 19.7 Å². The van der Waals surface area contributed by atoms with Crippen LogP contribution in [0.3, 0.4) is 0 Å². The summed E-state index contributed by atoms with van der Waals surface area (Å²) in [4.78, 5) is 39.1. The van der Waals surface area contributed by atoms with Crippen LogP contribution >= 0.6 is 11.3 Å². The second kappa shape index (κ2) is 8.24. The number of hydrogen-bond donors (Lipinski definition) is 1. The lowest BCUT2D eigenvalue weighted by Crippen LogP contribution is -2.46. The molecule has 1 aliphatic heterocycles. The normalized spacial score (nSPS) is 12.3. The summed E-state index contributed by atoms with van der Waals surface area (Å²) in [6.07, 6.45) is 0. The van der Waals surface area contributed by atoms with E-state index >= 15 is 0 Å². The molecular weight excluding hydrogens is 392 g/mol. The molecule has 0 fully saturated rings. The summed E-state index contributed by atoms with van der Waals surface area (Å²) in [5.74, 6) is -0.503. The highest BCUT2D eigenvalue weighted by Gasteiger charge is 2.24. The summed E-state index contributed by atoms with van der Waals surface area (Å²) in [5.41, 5.74) is 1.48. The third kappa shape index (κ3) is 5.14. The summed E-state index contributed by atoms with van der Waals surface area (Å²) in [5, 5.41) is 2.78. The Hall–Kier alpha value is -2.87. The molecule has 7 nitrogen and oxygen atoms in total. The first-order valence-corrected chi connectivity index (χ1v) is 10.0. The lowest BCUT2D eigenvalue weighted by molar-refractivity contribution is -0.137. The zero-order chi connectivity index (χ0) is 21.2. The standard InChI is InChI=1S/C21H24N2O5S/c1-21(2,3)22-17(24)10-23(4)18(25)12-28-20(26)16-9-13-11-27-15-8-6-5-7-14(15)19(13)29-16/h5-9H,10-12H2,1-4H3,(H,22,24). The summed E-state index contributed by atoms with van der Waals surface area (Å²) in [6.45, 7) is 5.44. The Morgan fingerprint density at radius 2 is 1.97 bits per heavy atom. The lowest BCUT2D eigenvalue weighted by atomic mass is 10.1. The molecule has 29 heavy (non-hydrogen) atoms. The SMILES string of the molecule is CN(CC(=O)NC(C)(C)C)C(=O)COC(=O)c1cc2c(s1)-c1ccccc1OC2. The number of likely N-dealkylation sites (N-methyl/N-ethyl adjacent to an activating group) is 1. The van der Waals surface area contributed by atoms with Crippen LogP contribution in [-0.2, 0) is 20.9 Å². The van der Waals surface area contributed by atoms with Crippen molar-refractivity contribution in [2.24, 2.45) is 0 Å². The number of thiophene rings is 1. The number of para-hydroxylation sites is 1. The van der Waals surface area contributed by atoms with E-state index in [9.17, 15) is 14.4 Å². The van der Waals surface area contributed by atoms with Gasteiger partial charge in [0, 0.05) is 28.6 Å². The van der Waals surface area contributed by atoms with Crippen LogP contribution in [-0.4, -0.2) is 48.4 Å². The van der Waals surface area contributed by atoms with Crippen molar-refractivity contribution in [3.8, 4) is 16.2 Å². The van der Waals surface area contributed by atoms with Crippen molar-refractivity contribution in [3.05, 3.63) is 40.8 Å². The fraction of sp³-hybridized carbons (Fsp3) is 0.381. The molecule has 0 atom stereocenters. The van der Waals surface area contributed by atoms with Gasteiger partial charge >= 0.3 is 5.97 Å². The van der Waals surface area contributed by atoms with Gasteiger partial charge in [-0.25, -0.2) is 4.79 Å². The van der Waals surface area contributed by atoms with Crippen molar-refractivity contribution in [1.29, 1.82) is 0 Å². The first-order valence-electron chi connectivity index (χ1n) is 9.21. The third-order valence-corrected chi connectivity index (χ3v) is 5.36. The largest absolute Gasteiger partial charge is 0.488 e. The van der Waals surface area contributed by atoms with E-state index < -0.39 is 18.5 Å². The monoisotopic (exact) mass is 416 g/mol. The quantitative estimate of drug-likeness (QED) is 0.758. The fourth-order valence-corrected chi connectivity index (χ4v) is 3.96. The Morgan fingerprint density at radius 1 is 1.24 bits per heavy atom. The van der Waals surface area contributed by atoms with Gasteiger partial charge in [-0.2, -0.15) is 0 Å². The number of nitrogens with zero attached hydrogens (tertiary/aromatic N) is 1. The van der Waals surface area contributed by atoms with E-state index in [2.05, 4.69) is 5.32 Å². The maximum atomic E-state index is 12.4. The van der Waals surface area contributed by atoms with Crippen LogP contribution in [0.2, 0.25) is 0 Å². The molecule has 1 aromatic heterocycles. The Bertz CT molecular complexity index is 945. The van der Waals surface area contributed by atoms with Gasteiger partial charge in [0.25, 0.3) is 5.91 Å². The molecule has 154 valence electrons. The third-order valence-electron chi connectivity index (χ3n) is 4.17. The predicted octanol–water partition coefficient (Wildman–Crippen LogP) is 2.84. The van der Waals surface area contributed by atoms with E-state index in [1.807, 2.05) is 45.0 Å².